The molecule has 0 aliphatic rings. The maximum Gasteiger partial charge on any atom is 0.365 e. The molecule has 0 radical (unpaired) electrons. The van der Waals surface area contributed by atoms with Gasteiger partial charge in [-0.3, -0.25) is 9.13 Å². The molecule has 0 aliphatic heterocycles. The Bertz CT molecular complexity index is 1660. The second-order valence-corrected chi connectivity index (χ2v) is 14.8. The fourth-order valence-corrected chi connectivity index (χ4v) is 9.46. The molecular formula is C36H44O7P2. The average Bonchev–Trinajstić information content (AvgIpc) is 2.97. The van der Waals surface area contributed by atoms with E-state index in [1.54, 1.807) is 27.7 Å². The van der Waals surface area contributed by atoms with Crippen molar-refractivity contribution in [3.8, 4) is 11.5 Å². The highest BCUT2D eigenvalue weighted by Gasteiger charge is 2.38. The second kappa shape index (κ2) is 15.0. The summed E-state index contributed by atoms with van der Waals surface area (Å²) >= 11 is 0. The van der Waals surface area contributed by atoms with Crippen molar-refractivity contribution in [2.75, 3.05) is 26.4 Å². The SMILES string of the molecule is C=C(C)Cc1c(P(=O)(OCC)OCC)c(Oc2cc3ccccc3c(CC(=C)C)c2P(=O)(OCC)OCC)cc2ccccc12. The number of rotatable bonds is 16. The molecule has 0 unspecified atom stereocenters. The van der Waals surface area contributed by atoms with Crippen molar-refractivity contribution >= 4 is 47.3 Å². The van der Waals surface area contributed by atoms with Crippen LogP contribution in [0.3, 0.4) is 0 Å². The molecule has 0 atom stereocenters. The van der Waals surface area contributed by atoms with Gasteiger partial charge in [-0.25, -0.2) is 0 Å². The summed E-state index contributed by atoms with van der Waals surface area (Å²) in [6.07, 6.45) is 0.831. The first-order chi connectivity index (χ1) is 21.5. The molecule has 0 aromatic heterocycles. The standard InChI is InChI=1S/C36H44O7P2/c1-9-39-44(37,40-10-2)35-31(21-25(5)6)29-19-15-13-17-27(29)23-33(35)43-34-24-28-18-14-16-20-30(28)32(22-26(7)8)36(34)45(38,41-11-3)42-12-4/h13-20,23-24H,5,7,9-12,21-22H2,1-4,6,8H3. The predicted octanol–water partition coefficient (Wildman–Crippen LogP) is 9.81. The van der Waals surface area contributed by atoms with Crippen LogP contribution in [0.15, 0.2) is 85.0 Å². The maximum absolute atomic E-state index is 14.7. The van der Waals surface area contributed by atoms with E-state index in [0.29, 0.717) is 23.5 Å². The predicted molar refractivity (Wildman–Crippen MR) is 186 cm³/mol. The van der Waals surface area contributed by atoms with Gasteiger partial charge < -0.3 is 22.8 Å². The quantitative estimate of drug-likeness (QED) is 0.0882. The van der Waals surface area contributed by atoms with E-state index in [0.717, 1.165) is 43.8 Å². The molecule has 4 aromatic carbocycles. The lowest BCUT2D eigenvalue weighted by atomic mass is 9.98. The van der Waals surface area contributed by atoms with Crippen LogP contribution >= 0.6 is 15.2 Å². The van der Waals surface area contributed by atoms with Gasteiger partial charge in [-0.1, -0.05) is 72.8 Å². The Labute approximate surface area is 267 Å². The summed E-state index contributed by atoms with van der Waals surface area (Å²) in [6, 6.07) is 19.3. The van der Waals surface area contributed by atoms with Crippen molar-refractivity contribution in [2.24, 2.45) is 0 Å². The molecule has 0 fully saturated rings. The summed E-state index contributed by atoms with van der Waals surface area (Å²) in [6.45, 7) is 19.9. The summed E-state index contributed by atoms with van der Waals surface area (Å²) in [5, 5.41) is 4.15. The highest BCUT2D eigenvalue weighted by Crippen LogP contribution is 2.55. The van der Waals surface area contributed by atoms with Gasteiger partial charge in [0.1, 0.15) is 22.1 Å². The van der Waals surface area contributed by atoms with Crippen LogP contribution in [0, 0.1) is 0 Å². The second-order valence-electron chi connectivity index (χ2n) is 10.9. The zero-order valence-electron chi connectivity index (χ0n) is 27.2. The van der Waals surface area contributed by atoms with Crippen molar-refractivity contribution in [3.05, 3.63) is 96.1 Å². The zero-order chi connectivity index (χ0) is 32.8. The Hall–Kier alpha value is -3.02. The monoisotopic (exact) mass is 650 g/mol. The van der Waals surface area contributed by atoms with Crippen LogP contribution in [-0.2, 0) is 40.1 Å². The summed E-state index contributed by atoms with van der Waals surface area (Å²) in [5.41, 5.74) is 3.21. The molecule has 0 heterocycles. The Kier molecular flexibility index (Phi) is 11.7. The summed E-state index contributed by atoms with van der Waals surface area (Å²) in [7, 11) is -7.84. The van der Waals surface area contributed by atoms with E-state index >= 15 is 0 Å². The third kappa shape index (κ3) is 7.52. The van der Waals surface area contributed by atoms with Crippen LogP contribution in [0.4, 0.5) is 0 Å². The van der Waals surface area contributed by atoms with Crippen molar-refractivity contribution in [3.63, 3.8) is 0 Å². The highest BCUT2D eigenvalue weighted by atomic mass is 31.2. The number of ether oxygens (including phenoxy) is 1. The molecule has 0 saturated carbocycles. The van der Waals surface area contributed by atoms with Gasteiger partial charge in [-0.05, 0) is 99.2 Å². The topological polar surface area (TPSA) is 80.3 Å². The largest absolute Gasteiger partial charge is 0.455 e. The molecule has 0 saturated heterocycles. The molecule has 240 valence electrons. The van der Waals surface area contributed by atoms with Crippen LogP contribution in [0.2, 0.25) is 0 Å². The number of fused-ring (bicyclic) bond motifs is 2. The molecule has 4 rings (SSSR count). The van der Waals surface area contributed by atoms with Gasteiger partial charge in [-0.15, -0.1) is 0 Å². The molecule has 0 spiro atoms. The van der Waals surface area contributed by atoms with Gasteiger partial charge in [0.25, 0.3) is 0 Å². The molecular weight excluding hydrogens is 606 g/mol. The van der Waals surface area contributed by atoms with E-state index < -0.39 is 15.2 Å². The molecule has 7 nitrogen and oxygen atoms in total. The van der Waals surface area contributed by atoms with E-state index in [-0.39, 0.29) is 37.9 Å². The minimum absolute atomic E-state index is 0.157. The molecule has 45 heavy (non-hydrogen) atoms. The van der Waals surface area contributed by atoms with E-state index in [1.807, 2.05) is 74.5 Å². The minimum Gasteiger partial charge on any atom is -0.455 e. The lowest BCUT2D eigenvalue weighted by Gasteiger charge is -2.27. The lowest BCUT2D eigenvalue weighted by molar-refractivity contribution is 0.229. The lowest BCUT2D eigenvalue weighted by Crippen LogP contribution is -2.22. The zero-order valence-corrected chi connectivity index (χ0v) is 29.0. The van der Waals surface area contributed by atoms with Gasteiger partial charge in [0.2, 0.25) is 0 Å². The van der Waals surface area contributed by atoms with E-state index in [9.17, 15) is 9.13 Å². The normalized spacial score (nSPS) is 12.1. The number of allylic oxidation sites excluding steroid dienone is 2. The van der Waals surface area contributed by atoms with Gasteiger partial charge in [0.05, 0.1) is 26.4 Å². The fourth-order valence-electron chi connectivity index (χ4n) is 5.62. The summed E-state index contributed by atoms with van der Waals surface area (Å²) < 4.78 is 60.0. The van der Waals surface area contributed by atoms with Gasteiger partial charge in [0, 0.05) is 0 Å². The van der Waals surface area contributed by atoms with Crippen LogP contribution in [0.1, 0.15) is 52.7 Å². The molecule has 4 aromatic rings. The minimum atomic E-state index is -3.92. The van der Waals surface area contributed by atoms with Crippen molar-refractivity contribution in [1.29, 1.82) is 0 Å². The Morgan fingerprint density at radius 1 is 0.600 bits per heavy atom. The third-order valence-electron chi connectivity index (χ3n) is 7.10. The van der Waals surface area contributed by atoms with Crippen molar-refractivity contribution in [2.45, 2.75) is 54.4 Å². The van der Waals surface area contributed by atoms with Crippen LogP contribution in [-0.4, -0.2) is 26.4 Å². The third-order valence-corrected chi connectivity index (χ3v) is 11.6. The Morgan fingerprint density at radius 3 is 1.24 bits per heavy atom. The van der Waals surface area contributed by atoms with Crippen LogP contribution in [0.5, 0.6) is 11.5 Å². The first-order valence-corrected chi connectivity index (χ1v) is 18.5. The molecule has 0 aliphatic carbocycles. The smallest absolute Gasteiger partial charge is 0.365 e. The molecule has 0 bridgehead atoms. The first kappa shape index (κ1) is 34.8. The van der Waals surface area contributed by atoms with E-state index in [4.69, 9.17) is 22.8 Å². The Balaban J connectivity index is 2.17. The van der Waals surface area contributed by atoms with Gasteiger partial charge in [0.15, 0.2) is 0 Å². The number of benzene rings is 4. The maximum atomic E-state index is 14.7. The van der Waals surface area contributed by atoms with E-state index in [1.165, 1.54) is 0 Å². The average molecular weight is 651 g/mol. The fraction of sp³-hybridized carbons (Fsp3) is 0.333. The first-order valence-electron chi connectivity index (χ1n) is 15.4. The molecule has 0 N–H and O–H groups in total. The van der Waals surface area contributed by atoms with Gasteiger partial charge >= 0.3 is 15.2 Å². The number of hydrogen-bond acceptors (Lipinski definition) is 7. The summed E-state index contributed by atoms with van der Waals surface area (Å²) in [4.78, 5) is 0. The molecule has 9 heteroatoms. The molecule has 0 amide bonds. The van der Waals surface area contributed by atoms with E-state index in [2.05, 4.69) is 13.2 Å². The highest BCUT2D eigenvalue weighted by molar-refractivity contribution is 7.63. The number of hydrogen-bond donors (Lipinski definition) is 0. The van der Waals surface area contributed by atoms with Crippen molar-refractivity contribution < 1.29 is 32.0 Å². The van der Waals surface area contributed by atoms with Crippen LogP contribution < -0.4 is 15.3 Å². The van der Waals surface area contributed by atoms with Gasteiger partial charge in [-0.2, -0.15) is 0 Å². The summed E-state index contributed by atoms with van der Waals surface area (Å²) in [5.74, 6) is 0.542. The Morgan fingerprint density at radius 2 is 0.933 bits per heavy atom. The van der Waals surface area contributed by atoms with Crippen LogP contribution in [0.25, 0.3) is 21.5 Å². The van der Waals surface area contributed by atoms with Crippen molar-refractivity contribution in [1.82, 2.24) is 0 Å².